The summed E-state index contributed by atoms with van der Waals surface area (Å²) >= 11 is 3.36. The summed E-state index contributed by atoms with van der Waals surface area (Å²) < 4.78 is 24.1. The van der Waals surface area contributed by atoms with Crippen LogP contribution in [0.4, 0.5) is 0 Å². The minimum Gasteiger partial charge on any atom is -0.348 e. The van der Waals surface area contributed by atoms with E-state index in [1.54, 1.807) is 41.3 Å². The summed E-state index contributed by atoms with van der Waals surface area (Å²) in [4.78, 5) is 27.5. The molecular formula is C21H23BrN2O4S. The lowest BCUT2D eigenvalue weighted by molar-refractivity contribution is -0.125. The van der Waals surface area contributed by atoms with E-state index in [1.807, 2.05) is 6.92 Å². The van der Waals surface area contributed by atoms with Gasteiger partial charge in [0, 0.05) is 22.8 Å². The summed E-state index contributed by atoms with van der Waals surface area (Å²) in [5.41, 5.74) is 1.35. The molecule has 6 nitrogen and oxygen atoms in total. The first kappa shape index (κ1) is 21.5. The van der Waals surface area contributed by atoms with E-state index in [2.05, 4.69) is 21.2 Å². The third-order valence-electron chi connectivity index (χ3n) is 5.07. The zero-order chi connectivity index (χ0) is 21.2. The van der Waals surface area contributed by atoms with Crippen LogP contribution in [-0.4, -0.2) is 44.0 Å². The maximum Gasteiger partial charge on any atom is 0.254 e. The zero-order valence-electron chi connectivity index (χ0n) is 16.3. The molecule has 1 heterocycles. The van der Waals surface area contributed by atoms with E-state index in [4.69, 9.17) is 0 Å². The van der Waals surface area contributed by atoms with Crippen molar-refractivity contribution in [3.63, 3.8) is 0 Å². The summed E-state index contributed by atoms with van der Waals surface area (Å²) in [7, 11) is -3.26. The number of hydrogen-bond acceptors (Lipinski definition) is 4. The molecule has 0 spiro atoms. The summed E-state index contributed by atoms with van der Waals surface area (Å²) in [6.07, 6.45) is 2.55. The number of rotatable bonds is 5. The highest BCUT2D eigenvalue weighted by molar-refractivity contribution is 9.10. The molecule has 0 aromatic heterocycles. The van der Waals surface area contributed by atoms with Gasteiger partial charge >= 0.3 is 0 Å². The fourth-order valence-electron chi connectivity index (χ4n) is 3.44. The molecule has 154 valence electrons. The third kappa shape index (κ3) is 5.05. The maximum absolute atomic E-state index is 12.8. The fourth-order valence-corrected chi connectivity index (χ4v) is 4.33. The van der Waals surface area contributed by atoms with Gasteiger partial charge in [-0.05, 0) is 61.7 Å². The lowest BCUT2D eigenvalue weighted by Crippen LogP contribution is -2.46. The number of carbonyl (C=O) groups excluding carboxylic acids is 2. The van der Waals surface area contributed by atoms with E-state index < -0.39 is 15.9 Å². The summed E-state index contributed by atoms with van der Waals surface area (Å²) in [6.45, 7) is 2.38. The Morgan fingerprint density at radius 3 is 2.31 bits per heavy atom. The van der Waals surface area contributed by atoms with Crippen LogP contribution in [0.3, 0.4) is 0 Å². The topological polar surface area (TPSA) is 83.6 Å². The van der Waals surface area contributed by atoms with Crippen molar-refractivity contribution in [1.82, 2.24) is 10.2 Å². The molecule has 2 aromatic rings. The second kappa shape index (κ2) is 8.67. The van der Waals surface area contributed by atoms with Crippen LogP contribution >= 0.6 is 15.9 Å². The number of halogens is 1. The average molecular weight is 479 g/mol. The molecule has 0 saturated carbocycles. The van der Waals surface area contributed by atoms with E-state index >= 15 is 0 Å². The second-order valence-electron chi connectivity index (χ2n) is 7.23. The minimum atomic E-state index is -3.26. The Morgan fingerprint density at radius 2 is 1.72 bits per heavy atom. The highest BCUT2D eigenvalue weighted by Gasteiger charge is 2.35. The lowest BCUT2D eigenvalue weighted by Gasteiger charge is -2.26. The molecule has 0 radical (unpaired) electrons. The Labute approximate surface area is 179 Å². The lowest BCUT2D eigenvalue weighted by atomic mass is 10.1. The highest BCUT2D eigenvalue weighted by atomic mass is 79.9. The van der Waals surface area contributed by atoms with Gasteiger partial charge in [-0.2, -0.15) is 0 Å². The Morgan fingerprint density at radius 1 is 1.10 bits per heavy atom. The predicted octanol–water partition coefficient (Wildman–Crippen LogP) is 3.33. The monoisotopic (exact) mass is 478 g/mol. The second-order valence-corrected chi connectivity index (χ2v) is 10.2. The standard InChI is InChI=1S/C21H23BrN2O4S/c1-14(15-7-11-18(12-8-15)29(2,27)28)23-20(25)19-4-3-13-24(19)21(26)16-5-9-17(22)10-6-16/h5-12,14,19H,3-4,13H2,1-2H3,(H,23,25). The van der Waals surface area contributed by atoms with Gasteiger partial charge in [0.1, 0.15) is 6.04 Å². The number of benzene rings is 2. The number of amides is 2. The average Bonchev–Trinajstić information content (AvgIpc) is 3.17. The van der Waals surface area contributed by atoms with E-state index in [-0.39, 0.29) is 22.8 Å². The Kier molecular flexibility index (Phi) is 6.43. The summed E-state index contributed by atoms with van der Waals surface area (Å²) in [5.74, 6) is -0.354. The van der Waals surface area contributed by atoms with Crippen molar-refractivity contribution < 1.29 is 18.0 Å². The number of likely N-dealkylation sites (tertiary alicyclic amines) is 1. The van der Waals surface area contributed by atoms with E-state index in [9.17, 15) is 18.0 Å². The van der Waals surface area contributed by atoms with Crippen LogP contribution < -0.4 is 5.32 Å². The molecular weight excluding hydrogens is 456 g/mol. The maximum atomic E-state index is 12.8. The molecule has 29 heavy (non-hydrogen) atoms. The molecule has 1 aliphatic rings. The summed E-state index contributed by atoms with van der Waals surface area (Å²) in [5, 5.41) is 2.95. The molecule has 3 rings (SSSR count). The number of nitrogens with one attached hydrogen (secondary N) is 1. The van der Waals surface area contributed by atoms with Gasteiger partial charge in [0.05, 0.1) is 10.9 Å². The van der Waals surface area contributed by atoms with Crippen molar-refractivity contribution >= 4 is 37.6 Å². The molecule has 0 aliphatic carbocycles. The van der Waals surface area contributed by atoms with Gasteiger partial charge in [0.25, 0.3) is 5.91 Å². The smallest absolute Gasteiger partial charge is 0.254 e. The SMILES string of the molecule is CC(NC(=O)C1CCCN1C(=O)c1ccc(Br)cc1)c1ccc(S(C)(=O)=O)cc1. The molecule has 2 amide bonds. The molecule has 2 atom stereocenters. The molecule has 2 aromatic carbocycles. The minimum absolute atomic E-state index is 0.152. The quantitative estimate of drug-likeness (QED) is 0.713. The van der Waals surface area contributed by atoms with Crippen LogP contribution in [0.25, 0.3) is 0 Å². The molecule has 2 unspecified atom stereocenters. The Hall–Kier alpha value is -2.19. The van der Waals surface area contributed by atoms with E-state index in [0.717, 1.165) is 22.7 Å². The first-order valence-electron chi connectivity index (χ1n) is 9.34. The zero-order valence-corrected chi connectivity index (χ0v) is 18.7. The molecule has 1 N–H and O–H groups in total. The molecule has 1 aliphatic heterocycles. The van der Waals surface area contributed by atoms with Crippen LogP contribution in [0, 0.1) is 0 Å². The highest BCUT2D eigenvalue weighted by Crippen LogP contribution is 2.23. The predicted molar refractivity (Wildman–Crippen MR) is 114 cm³/mol. The number of nitrogens with zero attached hydrogens (tertiary/aromatic N) is 1. The van der Waals surface area contributed by atoms with Crippen LogP contribution in [0.15, 0.2) is 57.9 Å². The van der Waals surface area contributed by atoms with Crippen molar-refractivity contribution in [1.29, 1.82) is 0 Å². The Bertz CT molecular complexity index is 1000. The third-order valence-corrected chi connectivity index (χ3v) is 6.73. The molecule has 1 fully saturated rings. The van der Waals surface area contributed by atoms with Gasteiger partial charge in [-0.25, -0.2) is 8.42 Å². The van der Waals surface area contributed by atoms with Gasteiger partial charge < -0.3 is 10.2 Å². The van der Waals surface area contributed by atoms with Crippen LogP contribution in [0.2, 0.25) is 0 Å². The van der Waals surface area contributed by atoms with E-state index in [1.165, 1.54) is 12.1 Å². The van der Waals surface area contributed by atoms with Gasteiger partial charge in [0.2, 0.25) is 5.91 Å². The van der Waals surface area contributed by atoms with Gasteiger partial charge in [0.15, 0.2) is 9.84 Å². The van der Waals surface area contributed by atoms with Crippen LogP contribution in [0.5, 0.6) is 0 Å². The van der Waals surface area contributed by atoms with Crippen molar-refractivity contribution in [2.24, 2.45) is 0 Å². The number of sulfone groups is 1. The van der Waals surface area contributed by atoms with Gasteiger partial charge in [-0.3, -0.25) is 9.59 Å². The van der Waals surface area contributed by atoms with Crippen molar-refractivity contribution in [2.45, 2.75) is 36.7 Å². The van der Waals surface area contributed by atoms with Gasteiger partial charge in [-0.15, -0.1) is 0 Å². The first-order valence-corrected chi connectivity index (χ1v) is 12.0. The normalized spacial score (nSPS) is 17.8. The first-order chi connectivity index (χ1) is 13.7. The van der Waals surface area contributed by atoms with E-state index in [0.29, 0.717) is 18.5 Å². The molecule has 8 heteroatoms. The Balaban J connectivity index is 1.69. The number of hydrogen-bond donors (Lipinski definition) is 1. The molecule has 1 saturated heterocycles. The largest absolute Gasteiger partial charge is 0.348 e. The van der Waals surface area contributed by atoms with Crippen molar-refractivity contribution in [2.75, 3.05) is 12.8 Å². The number of carbonyl (C=O) groups is 2. The summed E-state index contributed by atoms with van der Waals surface area (Å²) in [6, 6.07) is 12.7. The van der Waals surface area contributed by atoms with Crippen molar-refractivity contribution in [3.8, 4) is 0 Å². The molecule has 0 bridgehead atoms. The fraction of sp³-hybridized carbons (Fsp3) is 0.333. The van der Waals surface area contributed by atoms with Crippen LogP contribution in [-0.2, 0) is 14.6 Å². The van der Waals surface area contributed by atoms with Crippen molar-refractivity contribution in [3.05, 3.63) is 64.1 Å². The van der Waals surface area contributed by atoms with Crippen LogP contribution in [0.1, 0.15) is 41.7 Å². The van der Waals surface area contributed by atoms with Gasteiger partial charge in [-0.1, -0.05) is 28.1 Å².